The summed E-state index contributed by atoms with van der Waals surface area (Å²) in [6, 6.07) is 10.1. The van der Waals surface area contributed by atoms with Crippen molar-refractivity contribution in [2.75, 3.05) is 14.1 Å². The minimum absolute atomic E-state index is 0. The van der Waals surface area contributed by atoms with Gasteiger partial charge < -0.3 is 0 Å². The summed E-state index contributed by atoms with van der Waals surface area (Å²) < 4.78 is 0. The van der Waals surface area contributed by atoms with E-state index in [-0.39, 0.29) is 24.2 Å². The van der Waals surface area contributed by atoms with Gasteiger partial charge in [0.15, 0.2) is 0 Å². The number of nitrogens with zero attached hydrogens (tertiary/aromatic N) is 1. The van der Waals surface area contributed by atoms with Crippen LogP contribution in [0, 0.1) is 0 Å². The van der Waals surface area contributed by atoms with Crippen LogP contribution in [0.4, 0.5) is 0 Å². The summed E-state index contributed by atoms with van der Waals surface area (Å²) in [5.41, 5.74) is 1.21. The van der Waals surface area contributed by atoms with Gasteiger partial charge in [-0.1, -0.05) is 30.3 Å². The molecule has 0 N–H and O–H groups in total. The molecule has 0 aliphatic carbocycles. The lowest BCUT2D eigenvalue weighted by Gasteiger charge is -2.21. The maximum absolute atomic E-state index is 11.3. The minimum Gasteiger partial charge on any atom is -0.299 e. The molecule has 0 spiro atoms. The number of likely N-dealkylation sites (N-methyl/N-ethyl adjacent to an activating group) is 1. The summed E-state index contributed by atoms with van der Waals surface area (Å²) >= 11 is 0. The van der Waals surface area contributed by atoms with Crippen molar-refractivity contribution in [3.8, 4) is 0 Å². The number of carbonyl (C=O) groups excluding carboxylic acids is 1. The van der Waals surface area contributed by atoms with E-state index in [0.29, 0.717) is 0 Å². The zero-order valence-corrected chi connectivity index (χ0v) is 10.3. The summed E-state index contributed by atoms with van der Waals surface area (Å²) in [5, 5.41) is 0. The Hall–Kier alpha value is -0.860. The van der Waals surface area contributed by atoms with Crippen molar-refractivity contribution in [1.82, 2.24) is 4.90 Å². The van der Waals surface area contributed by atoms with E-state index >= 15 is 0 Å². The second-order valence-electron chi connectivity index (χ2n) is 3.78. The SMILES string of the molecule is CC(=O)C(Cc1ccccc1)N(C)C.Cl. The molecule has 0 saturated heterocycles. The Kier molecular flexibility index (Phi) is 6.21. The Labute approximate surface area is 97.7 Å². The van der Waals surface area contributed by atoms with E-state index in [1.165, 1.54) is 5.56 Å². The zero-order chi connectivity index (χ0) is 10.6. The number of hydrogen-bond donors (Lipinski definition) is 0. The van der Waals surface area contributed by atoms with Gasteiger partial charge in [-0.25, -0.2) is 0 Å². The minimum atomic E-state index is -0.00241. The van der Waals surface area contributed by atoms with Crippen molar-refractivity contribution in [2.45, 2.75) is 19.4 Å². The van der Waals surface area contributed by atoms with Crippen molar-refractivity contribution >= 4 is 18.2 Å². The molecule has 1 aromatic carbocycles. The molecule has 1 aromatic rings. The lowest BCUT2D eigenvalue weighted by atomic mass is 10.0. The Morgan fingerprint density at radius 3 is 2.20 bits per heavy atom. The van der Waals surface area contributed by atoms with Crippen molar-refractivity contribution in [1.29, 1.82) is 0 Å². The first kappa shape index (κ1) is 14.1. The highest BCUT2D eigenvalue weighted by Gasteiger charge is 2.16. The molecule has 2 nitrogen and oxygen atoms in total. The molecule has 0 saturated carbocycles. The van der Waals surface area contributed by atoms with E-state index < -0.39 is 0 Å². The molecule has 3 heteroatoms. The van der Waals surface area contributed by atoms with E-state index in [4.69, 9.17) is 0 Å². The van der Waals surface area contributed by atoms with E-state index in [0.717, 1.165) is 6.42 Å². The topological polar surface area (TPSA) is 20.3 Å². The van der Waals surface area contributed by atoms with Gasteiger partial charge in [0.1, 0.15) is 5.78 Å². The molecule has 1 rings (SSSR count). The molecule has 0 aromatic heterocycles. The van der Waals surface area contributed by atoms with Crippen LogP contribution in [0.2, 0.25) is 0 Å². The maximum Gasteiger partial charge on any atom is 0.147 e. The summed E-state index contributed by atoms with van der Waals surface area (Å²) in [6.07, 6.45) is 0.795. The number of rotatable bonds is 4. The first-order chi connectivity index (χ1) is 6.61. The third-order valence-electron chi connectivity index (χ3n) is 2.36. The fourth-order valence-corrected chi connectivity index (χ4v) is 1.53. The summed E-state index contributed by atoms with van der Waals surface area (Å²) in [4.78, 5) is 13.3. The summed E-state index contributed by atoms with van der Waals surface area (Å²) in [7, 11) is 3.88. The van der Waals surface area contributed by atoms with Gasteiger partial charge in [-0.2, -0.15) is 0 Å². The fourth-order valence-electron chi connectivity index (χ4n) is 1.53. The van der Waals surface area contributed by atoms with Gasteiger partial charge >= 0.3 is 0 Å². The smallest absolute Gasteiger partial charge is 0.147 e. The van der Waals surface area contributed by atoms with Gasteiger partial charge in [0.2, 0.25) is 0 Å². The molecule has 15 heavy (non-hydrogen) atoms. The van der Waals surface area contributed by atoms with Gasteiger partial charge in [-0.15, -0.1) is 12.4 Å². The summed E-state index contributed by atoms with van der Waals surface area (Å²) in [5.74, 6) is 0.221. The largest absolute Gasteiger partial charge is 0.299 e. The zero-order valence-electron chi connectivity index (χ0n) is 9.43. The van der Waals surface area contributed by atoms with Crippen LogP contribution in [0.15, 0.2) is 30.3 Å². The lowest BCUT2D eigenvalue weighted by molar-refractivity contribution is -0.121. The molecule has 1 atom stereocenters. The van der Waals surface area contributed by atoms with Gasteiger partial charge in [-0.05, 0) is 33.0 Å². The molecular formula is C12H18ClNO. The highest BCUT2D eigenvalue weighted by molar-refractivity contribution is 5.85. The van der Waals surface area contributed by atoms with Crippen molar-refractivity contribution < 1.29 is 4.79 Å². The number of Topliss-reactive ketones (excluding diaryl/α,β-unsaturated/α-hetero) is 1. The predicted molar refractivity (Wildman–Crippen MR) is 65.6 cm³/mol. The average molecular weight is 228 g/mol. The molecular weight excluding hydrogens is 210 g/mol. The second-order valence-corrected chi connectivity index (χ2v) is 3.78. The molecule has 0 aliphatic rings. The van der Waals surface area contributed by atoms with Crippen LogP contribution in [0.3, 0.4) is 0 Å². The molecule has 0 fully saturated rings. The van der Waals surface area contributed by atoms with Crippen molar-refractivity contribution in [3.05, 3.63) is 35.9 Å². The molecule has 0 amide bonds. The van der Waals surface area contributed by atoms with Gasteiger partial charge in [0.05, 0.1) is 6.04 Å². The standard InChI is InChI=1S/C12H17NO.ClH/c1-10(14)12(13(2)3)9-11-7-5-4-6-8-11;/h4-8,12H,9H2,1-3H3;1H. The first-order valence-corrected chi connectivity index (χ1v) is 4.82. The number of carbonyl (C=O) groups is 1. The van der Waals surface area contributed by atoms with E-state index in [2.05, 4.69) is 12.1 Å². The number of hydrogen-bond acceptors (Lipinski definition) is 2. The quantitative estimate of drug-likeness (QED) is 0.786. The van der Waals surface area contributed by atoms with Crippen LogP contribution < -0.4 is 0 Å². The highest BCUT2D eigenvalue weighted by atomic mass is 35.5. The van der Waals surface area contributed by atoms with E-state index in [9.17, 15) is 4.79 Å². The second kappa shape index (κ2) is 6.59. The highest BCUT2D eigenvalue weighted by Crippen LogP contribution is 2.07. The van der Waals surface area contributed by atoms with E-state index in [1.54, 1.807) is 6.92 Å². The Morgan fingerprint density at radius 2 is 1.80 bits per heavy atom. The van der Waals surface area contributed by atoms with Crippen molar-refractivity contribution in [3.63, 3.8) is 0 Å². The molecule has 0 radical (unpaired) electrons. The van der Waals surface area contributed by atoms with Gasteiger partial charge in [-0.3, -0.25) is 9.69 Å². The van der Waals surface area contributed by atoms with Crippen LogP contribution in [-0.4, -0.2) is 30.8 Å². The molecule has 0 heterocycles. The average Bonchev–Trinajstić information content (AvgIpc) is 2.15. The van der Waals surface area contributed by atoms with Gasteiger partial charge in [0, 0.05) is 0 Å². The lowest BCUT2D eigenvalue weighted by Crippen LogP contribution is -2.36. The van der Waals surface area contributed by atoms with Crippen LogP contribution in [0.5, 0.6) is 0 Å². The summed E-state index contributed by atoms with van der Waals surface area (Å²) in [6.45, 7) is 1.65. The predicted octanol–water partition coefficient (Wildman–Crippen LogP) is 2.17. The van der Waals surface area contributed by atoms with Crippen molar-refractivity contribution in [2.24, 2.45) is 0 Å². The van der Waals surface area contributed by atoms with Crippen LogP contribution in [-0.2, 0) is 11.2 Å². The van der Waals surface area contributed by atoms with Gasteiger partial charge in [0.25, 0.3) is 0 Å². The normalized spacial score (nSPS) is 12.0. The van der Waals surface area contributed by atoms with E-state index in [1.807, 2.05) is 37.2 Å². The Bertz CT molecular complexity index is 298. The van der Waals surface area contributed by atoms with Crippen LogP contribution >= 0.6 is 12.4 Å². The van der Waals surface area contributed by atoms with Crippen LogP contribution in [0.25, 0.3) is 0 Å². The third-order valence-corrected chi connectivity index (χ3v) is 2.36. The Balaban J connectivity index is 0.00000196. The number of ketones is 1. The fraction of sp³-hybridized carbons (Fsp3) is 0.417. The maximum atomic E-state index is 11.3. The van der Waals surface area contributed by atoms with Crippen LogP contribution in [0.1, 0.15) is 12.5 Å². The molecule has 0 bridgehead atoms. The third kappa shape index (κ3) is 4.45. The molecule has 84 valence electrons. The number of benzene rings is 1. The molecule has 1 unspecified atom stereocenters. The first-order valence-electron chi connectivity index (χ1n) is 4.82. The Morgan fingerprint density at radius 1 is 1.27 bits per heavy atom. The monoisotopic (exact) mass is 227 g/mol. The number of halogens is 1. The molecule has 0 aliphatic heterocycles.